The fourth-order valence-electron chi connectivity index (χ4n) is 3.94. The molecule has 0 bridgehead atoms. The Bertz CT molecular complexity index is 1340. The van der Waals surface area contributed by atoms with Crippen molar-refractivity contribution in [3.63, 3.8) is 0 Å². The highest BCUT2D eigenvalue weighted by molar-refractivity contribution is 6.02. The third-order valence-corrected chi connectivity index (χ3v) is 5.76. The van der Waals surface area contributed by atoms with Crippen molar-refractivity contribution in [3.05, 3.63) is 70.0 Å². The van der Waals surface area contributed by atoms with Gasteiger partial charge in [0.05, 0.1) is 34.3 Å². The van der Waals surface area contributed by atoms with Crippen LogP contribution in [0.15, 0.2) is 52.4 Å². The topological polar surface area (TPSA) is 118 Å². The van der Waals surface area contributed by atoms with Gasteiger partial charge in [0.25, 0.3) is 5.56 Å². The van der Waals surface area contributed by atoms with Gasteiger partial charge in [-0.3, -0.25) is 14.2 Å². The van der Waals surface area contributed by atoms with Crippen molar-refractivity contribution >= 4 is 22.6 Å². The number of unbranched alkanes of at least 4 members (excludes halogenated alkanes) is 1. The number of carboxylic acids is 1. The molecule has 1 aliphatic rings. The van der Waals surface area contributed by atoms with E-state index < -0.39 is 11.8 Å². The predicted octanol–water partition coefficient (Wildman–Crippen LogP) is 3.98. The molecule has 0 fully saturated rings. The Kier molecular flexibility index (Phi) is 6.97. The van der Waals surface area contributed by atoms with Gasteiger partial charge < -0.3 is 9.94 Å². The van der Waals surface area contributed by atoms with Crippen LogP contribution in [0, 0.1) is 23.1 Å². The van der Waals surface area contributed by atoms with E-state index in [0.29, 0.717) is 60.2 Å². The fraction of sp³-hybridized carbons (Fsp3) is 0.320. The number of aromatic nitrogens is 2. The van der Waals surface area contributed by atoms with Crippen molar-refractivity contribution in [2.45, 2.75) is 38.5 Å². The lowest BCUT2D eigenvalue weighted by Crippen LogP contribution is -2.24. The van der Waals surface area contributed by atoms with Gasteiger partial charge >= 0.3 is 5.97 Å². The lowest BCUT2D eigenvalue weighted by Gasteiger charge is -2.14. The summed E-state index contributed by atoms with van der Waals surface area (Å²) in [5.41, 5.74) is 2.13. The van der Waals surface area contributed by atoms with E-state index in [2.05, 4.69) is 11.2 Å². The Morgan fingerprint density at radius 3 is 2.76 bits per heavy atom. The minimum atomic E-state index is -0.878. The summed E-state index contributed by atoms with van der Waals surface area (Å²) >= 11 is 0. The van der Waals surface area contributed by atoms with E-state index in [0.717, 1.165) is 5.56 Å². The molecule has 4 rings (SSSR count). The van der Waals surface area contributed by atoms with Gasteiger partial charge in [0.1, 0.15) is 18.2 Å². The molecule has 0 spiro atoms. The largest absolute Gasteiger partial charge is 0.481 e. The number of hydrogen-bond donors (Lipinski definition) is 1. The number of aryl methyl sites for hydroxylation is 1. The molecular weight excluding hydrogens is 439 g/mol. The quantitative estimate of drug-likeness (QED) is 0.531. The summed E-state index contributed by atoms with van der Waals surface area (Å²) in [6, 6.07) is 13.0. The molecule has 34 heavy (non-hydrogen) atoms. The third-order valence-electron chi connectivity index (χ3n) is 5.76. The van der Waals surface area contributed by atoms with E-state index in [-0.39, 0.29) is 24.5 Å². The van der Waals surface area contributed by atoms with E-state index in [4.69, 9.17) is 20.2 Å². The second-order valence-corrected chi connectivity index (χ2v) is 8.18. The molecule has 9 heteroatoms. The first-order valence-electron chi connectivity index (χ1n) is 11.1. The lowest BCUT2D eigenvalue weighted by molar-refractivity contribution is -0.137. The van der Waals surface area contributed by atoms with E-state index in [1.807, 2.05) is 0 Å². The summed E-state index contributed by atoms with van der Waals surface area (Å²) in [7, 11) is 0. The molecular formula is C25H23FN4O4. The highest BCUT2D eigenvalue weighted by atomic mass is 19.1. The first kappa shape index (κ1) is 23.1. The molecule has 2 heterocycles. The molecule has 0 saturated heterocycles. The number of carboxylic acid groups (broad SMARTS) is 1. The summed E-state index contributed by atoms with van der Waals surface area (Å²) < 4.78 is 14.9. The highest BCUT2D eigenvalue weighted by Gasteiger charge is 2.18. The maximum Gasteiger partial charge on any atom is 0.303 e. The van der Waals surface area contributed by atoms with Crippen molar-refractivity contribution in [2.24, 2.45) is 11.1 Å². The maximum atomic E-state index is 13.5. The SMILES string of the molecule is N#CC1CCC(c2ccc3c(=O)n(-c4ccc(F)cc4)c(CCCCC(=O)O)nc3c2)=NOC1. The van der Waals surface area contributed by atoms with Gasteiger partial charge in [0.15, 0.2) is 0 Å². The van der Waals surface area contributed by atoms with Gasteiger partial charge in [0, 0.05) is 18.4 Å². The Labute approximate surface area is 194 Å². The summed E-state index contributed by atoms with van der Waals surface area (Å²) in [5, 5.41) is 22.6. The summed E-state index contributed by atoms with van der Waals surface area (Å²) in [6.07, 6.45) is 2.58. The number of carbonyl (C=O) groups is 1. The lowest BCUT2D eigenvalue weighted by atomic mass is 9.99. The first-order chi connectivity index (χ1) is 16.5. The number of fused-ring (bicyclic) bond motifs is 1. The predicted molar refractivity (Wildman–Crippen MR) is 123 cm³/mol. The Morgan fingerprint density at radius 1 is 1.24 bits per heavy atom. The van der Waals surface area contributed by atoms with Gasteiger partial charge in [-0.15, -0.1) is 0 Å². The zero-order chi connectivity index (χ0) is 24.1. The summed E-state index contributed by atoms with van der Waals surface area (Å²) in [4.78, 5) is 34.3. The normalized spacial score (nSPS) is 15.8. The molecule has 1 atom stereocenters. The van der Waals surface area contributed by atoms with Crippen LogP contribution >= 0.6 is 0 Å². The van der Waals surface area contributed by atoms with Crippen LogP contribution in [0.25, 0.3) is 16.6 Å². The molecule has 1 aliphatic heterocycles. The van der Waals surface area contributed by atoms with Crippen molar-refractivity contribution in [1.82, 2.24) is 9.55 Å². The van der Waals surface area contributed by atoms with Crippen LogP contribution in [-0.2, 0) is 16.1 Å². The van der Waals surface area contributed by atoms with Crippen molar-refractivity contribution < 1.29 is 19.1 Å². The fourth-order valence-corrected chi connectivity index (χ4v) is 3.94. The van der Waals surface area contributed by atoms with Crippen LogP contribution in [0.3, 0.4) is 0 Å². The van der Waals surface area contributed by atoms with E-state index in [9.17, 15) is 14.0 Å². The zero-order valence-electron chi connectivity index (χ0n) is 18.4. The third kappa shape index (κ3) is 5.12. The highest BCUT2D eigenvalue weighted by Crippen LogP contribution is 2.21. The molecule has 174 valence electrons. The molecule has 2 aromatic carbocycles. The summed E-state index contributed by atoms with van der Waals surface area (Å²) in [5.74, 6) is -1.05. The number of rotatable bonds is 7. The average molecular weight is 462 g/mol. The standard InChI is InChI=1S/C25H23FN4O4/c26-18-7-9-19(10-8-18)30-23(3-1-2-4-24(31)32)28-22-13-17(6-11-20(22)25(30)33)21-12-5-16(14-27)15-34-29-21/h6-11,13,16H,1-5,12,15H2,(H,31,32). The minimum Gasteiger partial charge on any atom is -0.481 e. The van der Waals surface area contributed by atoms with Gasteiger partial charge in [-0.1, -0.05) is 11.2 Å². The van der Waals surface area contributed by atoms with E-state index in [1.165, 1.54) is 28.8 Å². The first-order valence-corrected chi connectivity index (χ1v) is 11.1. The maximum absolute atomic E-state index is 13.5. The molecule has 3 aromatic rings. The molecule has 0 amide bonds. The Morgan fingerprint density at radius 2 is 2.03 bits per heavy atom. The van der Waals surface area contributed by atoms with Gasteiger partial charge in [-0.05, 0) is 62.1 Å². The van der Waals surface area contributed by atoms with Crippen LogP contribution in [0.5, 0.6) is 0 Å². The molecule has 0 radical (unpaired) electrons. The smallest absolute Gasteiger partial charge is 0.303 e. The van der Waals surface area contributed by atoms with Crippen molar-refractivity contribution in [2.75, 3.05) is 6.61 Å². The van der Waals surface area contributed by atoms with Gasteiger partial charge in [0.2, 0.25) is 0 Å². The number of aliphatic carboxylic acids is 1. The molecule has 1 aromatic heterocycles. The number of halogens is 1. The van der Waals surface area contributed by atoms with E-state index in [1.54, 1.807) is 18.2 Å². The average Bonchev–Trinajstić information content (AvgIpc) is 3.08. The summed E-state index contributed by atoms with van der Waals surface area (Å²) in [6.45, 7) is 0.245. The van der Waals surface area contributed by atoms with Crippen LogP contribution in [0.4, 0.5) is 4.39 Å². The Balaban J connectivity index is 1.75. The molecule has 1 N–H and O–H groups in total. The number of nitriles is 1. The van der Waals surface area contributed by atoms with Crippen molar-refractivity contribution in [3.8, 4) is 11.8 Å². The molecule has 0 aliphatic carbocycles. The number of nitrogens with zero attached hydrogens (tertiary/aromatic N) is 4. The number of oxime groups is 1. The second-order valence-electron chi connectivity index (χ2n) is 8.18. The van der Waals surface area contributed by atoms with Gasteiger partial charge in [-0.2, -0.15) is 5.26 Å². The monoisotopic (exact) mass is 462 g/mol. The van der Waals surface area contributed by atoms with Crippen LogP contribution < -0.4 is 5.56 Å². The van der Waals surface area contributed by atoms with Crippen LogP contribution in [-0.4, -0.2) is 32.9 Å². The second kappa shape index (κ2) is 10.3. The zero-order valence-corrected chi connectivity index (χ0v) is 18.4. The van der Waals surface area contributed by atoms with Crippen LogP contribution in [0.2, 0.25) is 0 Å². The number of hydrogen-bond acceptors (Lipinski definition) is 6. The minimum absolute atomic E-state index is 0.0298. The molecule has 1 unspecified atom stereocenters. The van der Waals surface area contributed by atoms with E-state index >= 15 is 0 Å². The molecule has 8 nitrogen and oxygen atoms in total. The molecule has 0 saturated carbocycles. The van der Waals surface area contributed by atoms with Crippen molar-refractivity contribution in [1.29, 1.82) is 5.26 Å². The Hall–Kier alpha value is -4.06. The number of benzene rings is 2. The van der Waals surface area contributed by atoms with Crippen LogP contribution in [0.1, 0.15) is 43.5 Å². The van der Waals surface area contributed by atoms with Gasteiger partial charge in [-0.25, -0.2) is 9.37 Å².